The number of aromatic nitrogens is 1. The number of hydrogen-bond donors (Lipinski definition) is 2. The lowest BCUT2D eigenvalue weighted by molar-refractivity contribution is 0.475. The fourth-order valence-electron chi connectivity index (χ4n) is 2.75. The summed E-state index contributed by atoms with van der Waals surface area (Å²) >= 11 is 1.81. The summed E-state index contributed by atoms with van der Waals surface area (Å²) < 4.78 is 0. The van der Waals surface area contributed by atoms with E-state index in [1.165, 1.54) is 23.4 Å². The molecule has 2 aromatic rings. The number of likely N-dealkylation sites (N-methyl/N-ethyl adjacent to an activating group) is 1. The van der Waals surface area contributed by atoms with Crippen LogP contribution in [0.4, 0.5) is 0 Å². The third-order valence-electron chi connectivity index (χ3n) is 3.83. The maximum Gasteiger partial charge on any atom is 0.123 e. The van der Waals surface area contributed by atoms with Gasteiger partial charge in [0.15, 0.2) is 0 Å². The average molecular weight is 288 g/mol. The first-order valence-electron chi connectivity index (χ1n) is 7.27. The first-order valence-corrected chi connectivity index (χ1v) is 8.09. The Morgan fingerprint density at radius 2 is 2.15 bits per heavy atom. The number of thiazole rings is 1. The lowest BCUT2D eigenvalue weighted by atomic mass is 9.91. The standard InChI is InChI=1S/C16H20N2OS/c1-2-17-10-12-4-3-5-14-15(12)18-16(20-14)11-6-8-13(19)9-7-11/h6-9,12,17,19H,2-5,10H2,1H3. The van der Waals surface area contributed by atoms with Gasteiger partial charge in [0.1, 0.15) is 10.8 Å². The molecular formula is C16H20N2OS. The van der Waals surface area contributed by atoms with E-state index in [2.05, 4.69) is 12.2 Å². The van der Waals surface area contributed by atoms with Crippen LogP contribution in [0, 0.1) is 0 Å². The molecule has 1 aliphatic carbocycles. The van der Waals surface area contributed by atoms with Crippen LogP contribution < -0.4 is 5.32 Å². The van der Waals surface area contributed by atoms with Crippen LogP contribution in [0.15, 0.2) is 24.3 Å². The molecule has 1 unspecified atom stereocenters. The molecule has 0 saturated carbocycles. The molecule has 1 aromatic heterocycles. The van der Waals surface area contributed by atoms with Crippen molar-refractivity contribution in [2.75, 3.05) is 13.1 Å². The van der Waals surface area contributed by atoms with Crippen molar-refractivity contribution in [1.29, 1.82) is 0 Å². The van der Waals surface area contributed by atoms with Crippen molar-refractivity contribution in [3.8, 4) is 16.3 Å². The summed E-state index contributed by atoms with van der Waals surface area (Å²) in [5.41, 5.74) is 2.40. The van der Waals surface area contributed by atoms with Gasteiger partial charge in [-0.3, -0.25) is 0 Å². The summed E-state index contributed by atoms with van der Waals surface area (Å²) in [7, 11) is 0. The Hall–Kier alpha value is -1.39. The van der Waals surface area contributed by atoms with Gasteiger partial charge in [-0.2, -0.15) is 0 Å². The Kier molecular flexibility index (Phi) is 4.03. The molecule has 1 heterocycles. The molecule has 0 amide bonds. The van der Waals surface area contributed by atoms with Gasteiger partial charge in [0, 0.05) is 22.9 Å². The maximum atomic E-state index is 9.38. The Labute approximate surface area is 123 Å². The van der Waals surface area contributed by atoms with Crippen molar-refractivity contribution in [3.63, 3.8) is 0 Å². The Morgan fingerprint density at radius 1 is 1.35 bits per heavy atom. The van der Waals surface area contributed by atoms with Gasteiger partial charge >= 0.3 is 0 Å². The molecule has 0 saturated heterocycles. The van der Waals surface area contributed by atoms with E-state index in [0.717, 1.165) is 30.1 Å². The molecule has 1 atom stereocenters. The van der Waals surface area contributed by atoms with Crippen LogP contribution in [0.3, 0.4) is 0 Å². The van der Waals surface area contributed by atoms with Crippen molar-refractivity contribution < 1.29 is 5.11 Å². The SMILES string of the molecule is CCNCC1CCCc2sc(-c3ccc(O)cc3)nc21. The number of rotatable bonds is 4. The molecule has 0 radical (unpaired) electrons. The number of hydrogen-bond acceptors (Lipinski definition) is 4. The highest BCUT2D eigenvalue weighted by molar-refractivity contribution is 7.15. The summed E-state index contributed by atoms with van der Waals surface area (Å²) in [6.45, 7) is 4.19. The van der Waals surface area contributed by atoms with Gasteiger partial charge < -0.3 is 10.4 Å². The molecular weight excluding hydrogens is 268 g/mol. The summed E-state index contributed by atoms with van der Waals surface area (Å²) in [5, 5.41) is 13.9. The molecule has 2 N–H and O–H groups in total. The fourth-order valence-corrected chi connectivity index (χ4v) is 3.95. The number of benzene rings is 1. The number of aryl methyl sites for hydroxylation is 1. The monoisotopic (exact) mass is 288 g/mol. The van der Waals surface area contributed by atoms with Crippen LogP contribution in [0.2, 0.25) is 0 Å². The van der Waals surface area contributed by atoms with Gasteiger partial charge in [-0.1, -0.05) is 6.92 Å². The zero-order valence-corrected chi connectivity index (χ0v) is 12.5. The molecule has 4 heteroatoms. The molecule has 106 valence electrons. The normalized spacial score (nSPS) is 17.9. The highest BCUT2D eigenvalue weighted by atomic mass is 32.1. The van der Waals surface area contributed by atoms with Crippen LogP contribution in [0.25, 0.3) is 10.6 Å². The lowest BCUT2D eigenvalue weighted by Crippen LogP contribution is -2.23. The molecule has 20 heavy (non-hydrogen) atoms. The van der Waals surface area contributed by atoms with Crippen molar-refractivity contribution >= 4 is 11.3 Å². The second kappa shape index (κ2) is 5.94. The van der Waals surface area contributed by atoms with E-state index in [0.29, 0.717) is 11.7 Å². The number of nitrogens with zero attached hydrogens (tertiary/aromatic N) is 1. The van der Waals surface area contributed by atoms with Crippen LogP contribution >= 0.6 is 11.3 Å². The largest absolute Gasteiger partial charge is 0.508 e. The van der Waals surface area contributed by atoms with Crippen LogP contribution in [-0.4, -0.2) is 23.2 Å². The van der Waals surface area contributed by atoms with Gasteiger partial charge in [-0.15, -0.1) is 11.3 Å². The second-order valence-electron chi connectivity index (χ2n) is 5.27. The highest BCUT2D eigenvalue weighted by Crippen LogP contribution is 2.38. The van der Waals surface area contributed by atoms with E-state index >= 15 is 0 Å². The Balaban J connectivity index is 1.88. The van der Waals surface area contributed by atoms with Crippen molar-refractivity contribution in [1.82, 2.24) is 10.3 Å². The van der Waals surface area contributed by atoms with E-state index < -0.39 is 0 Å². The van der Waals surface area contributed by atoms with Crippen LogP contribution in [-0.2, 0) is 6.42 Å². The number of phenolic OH excluding ortho intramolecular Hbond substituents is 1. The van der Waals surface area contributed by atoms with E-state index in [-0.39, 0.29) is 0 Å². The molecule has 0 fully saturated rings. The molecule has 1 aromatic carbocycles. The molecule has 3 rings (SSSR count). The Morgan fingerprint density at radius 3 is 2.90 bits per heavy atom. The van der Waals surface area contributed by atoms with Gasteiger partial charge in [0.2, 0.25) is 0 Å². The number of fused-ring (bicyclic) bond motifs is 1. The first kappa shape index (κ1) is 13.6. The predicted octanol–water partition coefficient (Wildman–Crippen LogP) is 3.55. The topological polar surface area (TPSA) is 45.1 Å². The molecule has 0 bridgehead atoms. The van der Waals surface area contributed by atoms with Gasteiger partial charge in [0.25, 0.3) is 0 Å². The van der Waals surface area contributed by atoms with E-state index in [9.17, 15) is 5.11 Å². The molecule has 3 nitrogen and oxygen atoms in total. The lowest BCUT2D eigenvalue weighted by Gasteiger charge is -2.21. The summed E-state index contributed by atoms with van der Waals surface area (Å²) in [5.74, 6) is 0.862. The third-order valence-corrected chi connectivity index (χ3v) is 5.01. The van der Waals surface area contributed by atoms with Crippen molar-refractivity contribution in [3.05, 3.63) is 34.8 Å². The van der Waals surface area contributed by atoms with E-state index in [1.54, 1.807) is 12.1 Å². The zero-order chi connectivity index (χ0) is 13.9. The van der Waals surface area contributed by atoms with Crippen LogP contribution in [0.5, 0.6) is 5.75 Å². The van der Waals surface area contributed by atoms with Crippen molar-refractivity contribution in [2.45, 2.75) is 32.1 Å². The smallest absolute Gasteiger partial charge is 0.123 e. The molecule has 0 aliphatic heterocycles. The summed E-state index contributed by atoms with van der Waals surface area (Å²) in [6, 6.07) is 7.34. The number of nitrogens with one attached hydrogen (secondary N) is 1. The minimum Gasteiger partial charge on any atom is -0.508 e. The van der Waals surface area contributed by atoms with Gasteiger partial charge in [0.05, 0.1) is 5.69 Å². The zero-order valence-electron chi connectivity index (χ0n) is 11.7. The van der Waals surface area contributed by atoms with Gasteiger partial charge in [-0.05, 0) is 50.1 Å². The minimum atomic E-state index is 0.306. The minimum absolute atomic E-state index is 0.306. The quantitative estimate of drug-likeness (QED) is 0.904. The first-order chi connectivity index (χ1) is 9.78. The van der Waals surface area contributed by atoms with Gasteiger partial charge in [-0.25, -0.2) is 4.98 Å². The number of phenols is 1. The fraction of sp³-hybridized carbons (Fsp3) is 0.438. The average Bonchev–Trinajstić information content (AvgIpc) is 2.90. The summed E-state index contributed by atoms with van der Waals surface area (Å²) in [6.07, 6.45) is 3.66. The van der Waals surface area contributed by atoms with E-state index in [1.807, 2.05) is 23.5 Å². The molecule has 1 aliphatic rings. The predicted molar refractivity (Wildman–Crippen MR) is 83.4 cm³/mol. The maximum absolute atomic E-state index is 9.38. The Bertz CT molecular complexity index is 577. The van der Waals surface area contributed by atoms with Crippen LogP contribution in [0.1, 0.15) is 36.3 Å². The second-order valence-corrected chi connectivity index (χ2v) is 6.35. The molecule has 0 spiro atoms. The third kappa shape index (κ3) is 2.72. The van der Waals surface area contributed by atoms with E-state index in [4.69, 9.17) is 4.98 Å². The summed E-state index contributed by atoms with van der Waals surface area (Å²) in [4.78, 5) is 6.33. The number of aromatic hydroxyl groups is 1. The highest BCUT2D eigenvalue weighted by Gasteiger charge is 2.24. The van der Waals surface area contributed by atoms with Crippen molar-refractivity contribution in [2.24, 2.45) is 0 Å².